The Bertz CT molecular complexity index is 396. The number of hydrogen-bond donors (Lipinski definition) is 0. The molecular formula is C11H8F4. The minimum atomic E-state index is -3.17. The predicted molar refractivity (Wildman–Crippen MR) is 48.9 cm³/mol. The van der Waals surface area contributed by atoms with Crippen LogP contribution in [0, 0.1) is 12.3 Å². The molecule has 0 saturated carbocycles. The fraction of sp³-hybridized carbons (Fsp3) is 0.273. The van der Waals surface area contributed by atoms with E-state index in [1.807, 2.05) is 0 Å². The maximum absolute atomic E-state index is 12.9. The first kappa shape index (κ1) is 11.6. The molecule has 0 N–H and O–H groups in total. The van der Waals surface area contributed by atoms with E-state index < -0.39 is 23.5 Å². The zero-order valence-corrected chi connectivity index (χ0v) is 7.90. The third-order valence-corrected chi connectivity index (χ3v) is 1.88. The number of halogens is 4. The van der Waals surface area contributed by atoms with E-state index in [9.17, 15) is 17.6 Å². The largest absolute Gasteiger partial charge is 0.270 e. The maximum atomic E-state index is 12.9. The summed E-state index contributed by atoms with van der Waals surface area (Å²) < 4.78 is 50.5. The molecular weight excluding hydrogens is 208 g/mol. The third kappa shape index (κ3) is 2.72. The predicted octanol–water partition coefficient (Wildman–Crippen LogP) is 3.72. The first-order chi connectivity index (χ1) is 6.84. The SMILES string of the molecule is C#Cc1cc(C(F)F)cc(C(C)(F)F)c1. The molecule has 0 bridgehead atoms. The quantitative estimate of drug-likeness (QED) is 0.522. The Morgan fingerprint density at radius 1 is 1.27 bits per heavy atom. The van der Waals surface area contributed by atoms with Crippen molar-refractivity contribution in [1.29, 1.82) is 0 Å². The molecule has 0 amide bonds. The first-order valence-corrected chi connectivity index (χ1v) is 4.12. The van der Waals surface area contributed by atoms with Crippen molar-refractivity contribution in [3.63, 3.8) is 0 Å². The zero-order valence-electron chi connectivity index (χ0n) is 7.90. The number of rotatable bonds is 2. The third-order valence-electron chi connectivity index (χ3n) is 1.88. The molecule has 0 nitrogen and oxygen atoms in total. The van der Waals surface area contributed by atoms with E-state index in [0.29, 0.717) is 6.92 Å². The second kappa shape index (κ2) is 3.93. The van der Waals surface area contributed by atoms with Crippen LogP contribution in [0.15, 0.2) is 18.2 Å². The number of terminal acetylenes is 1. The summed E-state index contributed by atoms with van der Waals surface area (Å²) in [4.78, 5) is 0. The highest BCUT2D eigenvalue weighted by Gasteiger charge is 2.26. The van der Waals surface area contributed by atoms with Gasteiger partial charge in [0.05, 0.1) is 0 Å². The Morgan fingerprint density at radius 3 is 2.27 bits per heavy atom. The van der Waals surface area contributed by atoms with Crippen LogP contribution in [-0.2, 0) is 5.92 Å². The van der Waals surface area contributed by atoms with Gasteiger partial charge in [-0.15, -0.1) is 6.42 Å². The van der Waals surface area contributed by atoms with Crippen molar-refractivity contribution in [2.45, 2.75) is 19.3 Å². The normalized spacial score (nSPS) is 11.5. The Morgan fingerprint density at radius 2 is 1.87 bits per heavy atom. The molecule has 0 saturated heterocycles. The fourth-order valence-electron chi connectivity index (χ4n) is 1.11. The molecule has 0 atom stereocenters. The van der Waals surface area contributed by atoms with Crippen molar-refractivity contribution in [3.8, 4) is 12.3 Å². The van der Waals surface area contributed by atoms with Crippen molar-refractivity contribution in [3.05, 3.63) is 34.9 Å². The van der Waals surface area contributed by atoms with Crippen LogP contribution in [0.3, 0.4) is 0 Å². The minimum Gasteiger partial charge on any atom is -0.205 e. The van der Waals surface area contributed by atoms with Crippen LogP contribution in [0.5, 0.6) is 0 Å². The summed E-state index contributed by atoms with van der Waals surface area (Å²) in [6, 6.07) is 2.83. The van der Waals surface area contributed by atoms with E-state index in [2.05, 4.69) is 5.92 Å². The molecule has 0 unspecified atom stereocenters. The molecule has 1 rings (SSSR count). The van der Waals surface area contributed by atoms with Crippen LogP contribution >= 0.6 is 0 Å². The van der Waals surface area contributed by atoms with E-state index in [0.717, 1.165) is 18.2 Å². The number of hydrogen-bond acceptors (Lipinski definition) is 0. The second-order valence-electron chi connectivity index (χ2n) is 3.18. The van der Waals surface area contributed by atoms with Gasteiger partial charge >= 0.3 is 0 Å². The summed E-state index contributed by atoms with van der Waals surface area (Å²) in [7, 11) is 0. The van der Waals surface area contributed by atoms with Gasteiger partial charge in [0.15, 0.2) is 0 Å². The second-order valence-corrected chi connectivity index (χ2v) is 3.18. The average molecular weight is 216 g/mol. The van der Waals surface area contributed by atoms with E-state index in [1.54, 1.807) is 0 Å². The first-order valence-electron chi connectivity index (χ1n) is 4.12. The summed E-state index contributed by atoms with van der Waals surface area (Å²) in [5.74, 6) is -1.10. The van der Waals surface area contributed by atoms with E-state index >= 15 is 0 Å². The van der Waals surface area contributed by atoms with E-state index in [-0.39, 0.29) is 5.56 Å². The lowest BCUT2D eigenvalue weighted by atomic mass is 10.0. The van der Waals surface area contributed by atoms with Crippen molar-refractivity contribution in [2.24, 2.45) is 0 Å². The molecule has 1 aromatic rings. The zero-order chi connectivity index (χ0) is 11.6. The van der Waals surface area contributed by atoms with Gasteiger partial charge in [-0.3, -0.25) is 0 Å². The summed E-state index contributed by atoms with van der Waals surface area (Å²) in [5, 5.41) is 0. The molecule has 0 aliphatic rings. The highest BCUT2D eigenvalue weighted by atomic mass is 19.3. The Balaban J connectivity index is 3.32. The van der Waals surface area contributed by atoms with Crippen LogP contribution in [-0.4, -0.2) is 0 Å². The Labute approximate surface area is 84.9 Å². The summed E-state index contributed by atoms with van der Waals surface area (Å²) in [6.45, 7) is 0.637. The molecule has 80 valence electrons. The molecule has 0 heterocycles. The average Bonchev–Trinajstić information content (AvgIpc) is 2.15. The molecule has 0 fully saturated rings. The van der Waals surface area contributed by atoms with Crippen molar-refractivity contribution < 1.29 is 17.6 Å². The summed E-state index contributed by atoms with van der Waals surface area (Å²) >= 11 is 0. The van der Waals surface area contributed by atoms with Gasteiger partial charge in [0, 0.05) is 23.6 Å². The molecule has 0 aliphatic heterocycles. The van der Waals surface area contributed by atoms with E-state index in [4.69, 9.17) is 6.42 Å². The van der Waals surface area contributed by atoms with Gasteiger partial charge in [0.25, 0.3) is 12.3 Å². The summed E-state index contributed by atoms with van der Waals surface area (Å²) in [6.07, 6.45) is 2.19. The van der Waals surface area contributed by atoms with Gasteiger partial charge in [-0.1, -0.05) is 5.92 Å². The maximum Gasteiger partial charge on any atom is 0.270 e. The lowest BCUT2D eigenvalue weighted by Crippen LogP contribution is -2.08. The highest BCUT2D eigenvalue weighted by Crippen LogP contribution is 2.31. The lowest BCUT2D eigenvalue weighted by Gasteiger charge is -2.12. The van der Waals surface area contributed by atoms with Crippen LogP contribution in [0.1, 0.15) is 30.0 Å². The minimum absolute atomic E-state index is 0.0318. The molecule has 0 aromatic heterocycles. The van der Waals surface area contributed by atoms with Crippen molar-refractivity contribution >= 4 is 0 Å². The van der Waals surface area contributed by atoms with Gasteiger partial charge in [0.1, 0.15) is 0 Å². The molecule has 1 aromatic carbocycles. The Hall–Kier alpha value is -1.50. The molecule has 0 aliphatic carbocycles. The number of benzene rings is 1. The van der Waals surface area contributed by atoms with Crippen LogP contribution in [0.25, 0.3) is 0 Å². The van der Waals surface area contributed by atoms with Gasteiger partial charge in [-0.2, -0.15) is 0 Å². The van der Waals surface area contributed by atoms with Gasteiger partial charge in [-0.05, 0) is 18.2 Å². The van der Waals surface area contributed by atoms with Crippen molar-refractivity contribution in [1.82, 2.24) is 0 Å². The number of alkyl halides is 4. The van der Waals surface area contributed by atoms with Crippen LogP contribution in [0.2, 0.25) is 0 Å². The standard InChI is InChI=1S/C11H8F4/c1-3-7-4-8(10(12)13)6-9(5-7)11(2,14)15/h1,4-6,10H,2H3. The molecule has 15 heavy (non-hydrogen) atoms. The van der Waals surface area contributed by atoms with Gasteiger partial charge < -0.3 is 0 Å². The Kier molecular flexibility index (Phi) is 3.04. The van der Waals surface area contributed by atoms with Gasteiger partial charge in [-0.25, -0.2) is 17.6 Å². The molecule has 0 radical (unpaired) electrons. The van der Waals surface area contributed by atoms with Crippen molar-refractivity contribution in [2.75, 3.05) is 0 Å². The van der Waals surface area contributed by atoms with Gasteiger partial charge in [0.2, 0.25) is 0 Å². The smallest absolute Gasteiger partial charge is 0.205 e. The fourth-order valence-corrected chi connectivity index (χ4v) is 1.11. The highest BCUT2D eigenvalue weighted by molar-refractivity contribution is 5.41. The molecule has 4 heteroatoms. The van der Waals surface area contributed by atoms with Crippen LogP contribution in [0.4, 0.5) is 17.6 Å². The lowest BCUT2D eigenvalue weighted by molar-refractivity contribution is 0.0171. The van der Waals surface area contributed by atoms with Crippen LogP contribution < -0.4 is 0 Å². The topological polar surface area (TPSA) is 0 Å². The summed E-state index contributed by atoms with van der Waals surface area (Å²) in [5.41, 5.74) is -0.945. The monoisotopic (exact) mass is 216 g/mol. The van der Waals surface area contributed by atoms with E-state index in [1.165, 1.54) is 0 Å². The molecule has 0 spiro atoms.